The molecule has 1 aliphatic rings. The number of hydrogen-bond donors (Lipinski definition) is 1. The van der Waals surface area contributed by atoms with Gasteiger partial charge in [0.05, 0.1) is 21.0 Å². The maximum Gasteiger partial charge on any atom is 0.419 e. The topological polar surface area (TPSA) is 119 Å². The lowest BCUT2D eigenvalue weighted by atomic mass is 10.2. The van der Waals surface area contributed by atoms with E-state index in [1.165, 1.54) is 58.4 Å². The highest BCUT2D eigenvalue weighted by Gasteiger charge is 2.26. The number of hydrogen-bond acceptors (Lipinski definition) is 6. The minimum Gasteiger partial charge on any atom is -0.408 e. The van der Waals surface area contributed by atoms with Crippen molar-refractivity contribution in [2.24, 2.45) is 7.05 Å². The van der Waals surface area contributed by atoms with Crippen LogP contribution in [-0.4, -0.2) is 38.8 Å². The zero-order valence-corrected chi connectivity index (χ0v) is 17.9. The van der Waals surface area contributed by atoms with Gasteiger partial charge in [0.15, 0.2) is 5.58 Å². The quantitative estimate of drug-likeness (QED) is 0.635. The van der Waals surface area contributed by atoms with E-state index < -0.39 is 25.8 Å². The summed E-state index contributed by atoms with van der Waals surface area (Å²) in [6.45, 7) is 0.918. The van der Waals surface area contributed by atoms with E-state index in [-0.39, 0.29) is 21.1 Å². The number of piperidine rings is 1. The maximum atomic E-state index is 12.9. The van der Waals surface area contributed by atoms with Crippen LogP contribution >= 0.6 is 0 Å². The van der Waals surface area contributed by atoms with Crippen LogP contribution in [0.15, 0.2) is 61.5 Å². The van der Waals surface area contributed by atoms with Gasteiger partial charge in [0.2, 0.25) is 10.0 Å². The van der Waals surface area contributed by atoms with Gasteiger partial charge in [-0.15, -0.1) is 0 Å². The molecule has 1 saturated heterocycles. The van der Waals surface area contributed by atoms with Crippen molar-refractivity contribution in [2.75, 3.05) is 17.8 Å². The van der Waals surface area contributed by atoms with Crippen molar-refractivity contribution in [2.45, 2.75) is 29.1 Å². The summed E-state index contributed by atoms with van der Waals surface area (Å²) in [6, 6.07) is 9.82. The molecular formula is C19H21N3O6S2. The van der Waals surface area contributed by atoms with E-state index in [0.717, 1.165) is 19.3 Å². The lowest BCUT2D eigenvalue weighted by Crippen LogP contribution is -2.35. The van der Waals surface area contributed by atoms with Gasteiger partial charge in [-0.25, -0.2) is 21.6 Å². The summed E-state index contributed by atoms with van der Waals surface area (Å²) in [5.41, 5.74) is 0.739. The molecule has 9 nitrogen and oxygen atoms in total. The zero-order valence-electron chi connectivity index (χ0n) is 16.2. The molecule has 0 saturated carbocycles. The molecule has 11 heteroatoms. The minimum atomic E-state index is -4.03. The molecule has 1 aliphatic heterocycles. The van der Waals surface area contributed by atoms with Gasteiger partial charge in [-0.3, -0.25) is 9.29 Å². The van der Waals surface area contributed by atoms with Crippen LogP contribution in [0.4, 0.5) is 5.69 Å². The van der Waals surface area contributed by atoms with E-state index in [0.29, 0.717) is 18.6 Å². The number of aryl methyl sites for hydroxylation is 1. The number of sulfonamides is 2. The number of nitrogens with one attached hydrogen (secondary N) is 1. The molecule has 0 unspecified atom stereocenters. The number of rotatable bonds is 5. The fourth-order valence-electron chi connectivity index (χ4n) is 3.47. The Bertz CT molecular complexity index is 1370. The monoisotopic (exact) mass is 451 g/mol. The Labute approximate surface area is 174 Å². The summed E-state index contributed by atoms with van der Waals surface area (Å²) in [5.74, 6) is -0.594. The van der Waals surface area contributed by atoms with Crippen molar-refractivity contribution in [1.29, 1.82) is 0 Å². The number of aromatic nitrogens is 1. The fourth-order valence-corrected chi connectivity index (χ4v) is 6.10. The van der Waals surface area contributed by atoms with Crippen LogP contribution in [-0.2, 0) is 27.1 Å². The number of benzene rings is 2. The Morgan fingerprint density at radius 1 is 0.933 bits per heavy atom. The maximum absolute atomic E-state index is 12.9. The van der Waals surface area contributed by atoms with Crippen molar-refractivity contribution in [3.63, 3.8) is 0 Å². The summed E-state index contributed by atoms with van der Waals surface area (Å²) in [5, 5.41) is 0. The van der Waals surface area contributed by atoms with Gasteiger partial charge >= 0.3 is 5.76 Å². The van der Waals surface area contributed by atoms with E-state index in [4.69, 9.17) is 4.42 Å². The molecule has 1 N–H and O–H groups in total. The molecule has 0 bridgehead atoms. The highest BCUT2D eigenvalue weighted by Crippen LogP contribution is 2.25. The smallest absolute Gasteiger partial charge is 0.408 e. The van der Waals surface area contributed by atoms with E-state index in [1.54, 1.807) is 0 Å². The summed E-state index contributed by atoms with van der Waals surface area (Å²) < 4.78 is 61.5. The second kappa shape index (κ2) is 7.56. The summed E-state index contributed by atoms with van der Waals surface area (Å²) in [6.07, 6.45) is 2.62. The van der Waals surface area contributed by atoms with Gasteiger partial charge in [-0.1, -0.05) is 12.5 Å². The third kappa shape index (κ3) is 3.75. The molecule has 1 fully saturated rings. The van der Waals surface area contributed by atoms with Crippen LogP contribution in [0.5, 0.6) is 0 Å². The van der Waals surface area contributed by atoms with Gasteiger partial charge in [0.25, 0.3) is 10.0 Å². The van der Waals surface area contributed by atoms with Gasteiger partial charge in [0.1, 0.15) is 0 Å². The Hall–Kier alpha value is -2.63. The highest BCUT2D eigenvalue weighted by molar-refractivity contribution is 7.92. The Balaban J connectivity index is 1.64. The predicted molar refractivity (Wildman–Crippen MR) is 111 cm³/mol. The van der Waals surface area contributed by atoms with Crippen molar-refractivity contribution in [3.05, 3.63) is 53.0 Å². The zero-order chi connectivity index (χ0) is 21.5. The third-order valence-corrected chi connectivity index (χ3v) is 8.39. The normalized spacial score (nSPS) is 16.0. The first-order valence-corrected chi connectivity index (χ1v) is 12.3. The van der Waals surface area contributed by atoms with Gasteiger partial charge < -0.3 is 4.42 Å². The third-order valence-electron chi connectivity index (χ3n) is 5.11. The standard InChI is InChI=1S/C19H21N3O6S2/c1-21-17-9-8-15(13-18(17)28-19(21)23)29(24,25)20-14-6-5-7-16(12-14)30(26,27)22-10-3-2-4-11-22/h5-9,12-13,20H,2-4,10-11H2,1H3. The molecule has 0 spiro atoms. The Morgan fingerprint density at radius 2 is 1.67 bits per heavy atom. The molecule has 1 aromatic heterocycles. The molecule has 4 rings (SSSR count). The minimum absolute atomic E-state index is 0.0362. The van der Waals surface area contributed by atoms with E-state index in [9.17, 15) is 21.6 Å². The van der Waals surface area contributed by atoms with Crippen LogP contribution in [0.3, 0.4) is 0 Å². The molecule has 2 heterocycles. The first-order chi connectivity index (χ1) is 14.2. The molecule has 30 heavy (non-hydrogen) atoms. The van der Waals surface area contributed by atoms with Crippen LogP contribution in [0.1, 0.15) is 19.3 Å². The van der Waals surface area contributed by atoms with Crippen LogP contribution in [0.25, 0.3) is 11.1 Å². The second-order valence-corrected chi connectivity index (χ2v) is 10.8. The lowest BCUT2D eigenvalue weighted by molar-refractivity contribution is 0.346. The number of oxazole rings is 1. The largest absolute Gasteiger partial charge is 0.419 e. The molecular weight excluding hydrogens is 430 g/mol. The summed E-state index contributed by atoms with van der Waals surface area (Å²) >= 11 is 0. The fraction of sp³-hybridized carbons (Fsp3) is 0.316. The van der Waals surface area contributed by atoms with E-state index in [2.05, 4.69) is 4.72 Å². The average molecular weight is 452 g/mol. The van der Waals surface area contributed by atoms with Crippen LogP contribution in [0, 0.1) is 0 Å². The highest BCUT2D eigenvalue weighted by atomic mass is 32.2. The van der Waals surface area contributed by atoms with Gasteiger partial charge in [0, 0.05) is 26.2 Å². The van der Waals surface area contributed by atoms with Crippen molar-refractivity contribution < 1.29 is 21.3 Å². The van der Waals surface area contributed by atoms with Gasteiger partial charge in [-0.2, -0.15) is 4.31 Å². The first-order valence-electron chi connectivity index (χ1n) is 9.41. The summed E-state index contributed by atoms with van der Waals surface area (Å²) in [7, 11) is -6.19. The lowest BCUT2D eigenvalue weighted by Gasteiger charge is -2.26. The summed E-state index contributed by atoms with van der Waals surface area (Å²) in [4.78, 5) is 11.6. The molecule has 160 valence electrons. The number of fused-ring (bicyclic) bond motifs is 1. The Morgan fingerprint density at radius 3 is 2.40 bits per heavy atom. The van der Waals surface area contributed by atoms with E-state index >= 15 is 0 Å². The van der Waals surface area contributed by atoms with Crippen molar-refractivity contribution in [3.8, 4) is 0 Å². The van der Waals surface area contributed by atoms with Crippen molar-refractivity contribution in [1.82, 2.24) is 8.87 Å². The van der Waals surface area contributed by atoms with Crippen molar-refractivity contribution >= 4 is 36.8 Å². The van der Waals surface area contributed by atoms with Crippen LogP contribution in [0.2, 0.25) is 0 Å². The predicted octanol–water partition coefficient (Wildman–Crippen LogP) is 2.11. The molecule has 0 radical (unpaired) electrons. The molecule has 3 aromatic rings. The van der Waals surface area contributed by atoms with Crippen LogP contribution < -0.4 is 10.5 Å². The first kappa shape index (κ1) is 20.6. The van der Waals surface area contributed by atoms with E-state index in [1.807, 2.05) is 0 Å². The second-order valence-electron chi connectivity index (χ2n) is 7.15. The Kier molecular flexibility index (Phi) is 5.20. The molecule has 2 aromatic carbocycles. The number of anilines is 1. The average Bonchev–Trinajstić information content (AvgIpc) is 3.02. The number of nitrogens with zero attached hydrogens (tertiary/aromatic N) is 2. The molecule has 0 amide bonds. The molecule has 0 aliphatic carbocycles. The van der Waals surface area contributed by atoms with Gasteiger partial charge in [-0.05, 0) is 43.2 Å². The SMILES string of the molecule is Cn1c(=O)oc2cc(S(=O)(=O)Nc3cccc(S(=O)(=O)N4CCCCC4)c3)ccc21. The molecule has 0 atom stereocenters.